The van der Waals surface area contributed by atoms with Crippen LogP contribution in [0.5, 0.6) is 0 Å². The predicted molar refractivity (Wildman–Crippen MR) is 57.7 cm³/mol. The Morgan fingerprint density at radius 1 is 1.12 bits per heavy atom. The average Bonchev–Trinajstić information content (AvgIpc) is 2.11. The predicted octanol–water partition coefficient (Wildman–Crippen LogP) is 1.03. The number of aliphatic hydroxyl groups excluding tert-OH is 1. The number of aliphatic hydroxyl groups is 1. The zero-order chi connectivity index (χ0) is 12.6. The zero-order valence-corrected chi connectivity index (χ0v) is 10.1. The van der Waals surface area contributed by atoms with E-state index in [-0.39, 0.29) is 32.0 Å². The molecule has 0 rings (SSSR count). The lowest BCUT2D eigenvalue weighted by atomic mass is 10.2. The summed E-state index contributed by atoms with van der Waals surface area (Å²) in [5.74, 6) is -0.722. The van der Waals surface area contributed by atoms with Crippen molar-refractivity contribution in [3.8, 4) is 0 Å². The summed E-state index contributed by atoms with van der Waals surface area (Å²) in [7, 11) is 0. The van der Waals surface area contributed by atoms with Crippen molar-refractivity contribution >= 4 is 11.9 Å². The molecule has 0 fully saturated rings. The number of hydrogen-bond acceptors (Lipinski definition) is 5. The summed E-state index contributed by atoms with van der Waals surface area (Å²) in [6.07, 6.45) is 0.768. The van der Waals surface area contributed by atoms with E-state index in [0.717, 1.165) is 0 Å². The first kappa shape index (κ1) is 14.9. The maximum atomic E-state index is 11.2. The van der Waals surface area contributed by atoms with E-state index in [1.807, 2.05) is 0 Å². The number of rotatable bonds is 6. The van der Waals surface area contributed by atoms with Gasteiger partial charge < -0.3 is 14.6 Å². The molecule has 0 atom stereocenters. The van der Waals surface area contributed by atoms with Gasteiger partial charge in [-0.1, -0.05) is 0 Å². The van der Waals surface area contributed by atoms with Crippen LogP contribution < -0.4 is 0 Å². The lowest BCUT2D eigenvalue weighted by Gasteiger charge is -2.19. The van der Waals surface area contributed by atoms with Crippen molar-refractivity contribution in [3.63, 3.8) is 0 Å². The van der Waals surface area contributed by atoms with E-state index in [0.29, 0.717) is 6.42 Å². The highest BCUT2D eigenvalue weighted by Crippen LogP contribution is 2.10. The van der Waals surface area contributed by atoms with Gasteiger partial charge in [0.25, 0.3) is 0 Å². The van der Waals surface area contributed by atoms with Crippen LogP contribution in [0.1, 0.15) is 40.0 Å². The molecule has 0 aromatic carbocycles. The molecular formula is C11H20O5. The monoisotopic (exact) mass is 232 g/mol. The van der Waals surface area contributed by atoms with Gasteiger partial charge in [0.05, 0.1) is 6.61 Å². The van der Waals surface area contributed by atoms with Gasteiger partial charge in [0.1, 0.15) is 12.2 Å². The largest absolute Gasteiger partial charge is 0.463 e. The number of hydrogen-bond donors (Lipinski definition) is 1. The summed E-state index contributed by atoms with van der Waals surface area (Å²) < 4.78 is 9.70. The fraction of sp³-hybridized carbons (Fsp3) is 0.818. The van der Waals surface area contributed by atoms with E-state index >= 15 is 0 Å². The molecule has 0 saturated carbocycles. The topological polar surface area (TPSA) is 72.8 Å². The molecule has 0 aliphatic rings. The van der Waals surface area contributed by atoms with Gasteiger partial charge >= 0.3 is 11.9 Å². The van der Waals surface area contributed by atoms with Crippen LogP contribution in [0.4, 0.5) is 0 Å². The van der Waals surface area contributed by atoms with Crippen LogP contribution in [-0.2, 0) is 19.1 Å². The first-order valence-electron chi connectivity index (χ1n) is 5.33. The van der Waals surface area contributed by atoms with Crippen molar-refractivity contribution in [2.24, 2.45) is 0 Å². The molecule has 0 amide bonds. The Bertz CT molecular complexity index is 229. The molecule has 5 nitrogen and oxygen atoms in total. The van der Waals surface area contributed by atoms with Crippen LogP contribution in [0.3, 0.4) is 0 Å². The summed E-state index contributed by atoms with van der Waals surface area (Å²) in [6.45, 7) is 5.20. The van der Waals surface area contributed by atoms with Gasteiger partial charge in [0, 0.05) is 12.8 Å². The molecule has 0 spiro atoms. The van der Waals surface area contributed by atoms with E-state index in [1.165, 1.54) is 0 Å². The summed E-state index contributed by atoms with van der Waals surface area (Å²) in [5, 5.41) is 8.41. The lowest BCUT2D eigenvalue weighted by molar-refractivity contribution is -0.155. The standard InChI is InChI=1S/C11H20O5/c1-11(2,3)16-10(14)6-4-5-9(13)15-8-7-12/h12H,4-8H2,1-3H3. The SMILES string of the molecule is CC(C)(C)OC(=O)CCCC(=O)OCCO. The Balaban J connectivity index is 3.58. The minimum absolute atomic E-state index is 0.00523. The molecule has 5 heteroatoms. The fourth-order valence-electron chi connectivity index (χ4n) is 1.00. The molecule has 0 saturated heterocycles. The van der Waals surface area contributed by atoms with Gasteiger partial charge in [0.15, 0.2) is 0 Å². The van der Waals surface area contributed by atoms with Crippen molar-refractivity contribution in [1.82, 2.24) is 0 Å². The Morgan fingerprint density at radius 2 is 1.69 bits per heavy atom. The quantitative estimate of drug-likeness (QED) is 0.692. The fourth-order valence-corrected chi connectivity index (χ4v) is 1.00. The molecule has 94 valence electrons. The van der Waals surface area contributed by atoms with E-state index < -0.39 is 11.6 Å². The maximum absolute atomic E-state index is 11.2. The second-order valence-corrected chi connectivity index (χ2v) is 4.38. The highest BCUT2D eigenvalue weighted by Gasteiger charge is 2.16. The van der Waals surface area contributed by atoms with Crippen LogP contribution in [0.2, 0.25) is 0 Å². The number of ether oxygens (including phenoxy) is 2. The first-order valence-corrected chi connectivity index (χ1v) is 5.33. The van der Waals surface area contributed by atoms with Crippen molar-refractivity contribution in [2.45, 2.75) is 45.6 Å². The van der Waals surface area contributed by atoms with Crippen LogP contribution >= 0.6 is 0 Å². The molecule has 0 unspecified atom stereocenters. The third kappa shape index (κ3) is 9.45. The van der Waals surface area contributed by atoms with E-state index in [4.69, 9.17) is 9.84 Å². The summed E-state index contributed by atoms with van der Waals surface area (Å²) >= 11 is 0. The molecule has 0 aromatic heterocycles. The number of esters is 2. The molecule has 0 aromatic rings. The summed E-state index contributed by atoms with van der Waals surface area (Å²) in [6, 6.07) is 0. The number of carbonyl (C=O) groups is 2. The smallest absolute Gasteiger partial charge is 0.306 e. The minimum atomic E-state index is -0.492. The molecule has 0 radical (unpaired) electrons. The van der Waals surface area contributed by atoms with Gasteiger partial charge in [-0.25, -0.2) is 0 Å². The molecule has 0 bridgehead atoms. The van der Waals surface area contributed by atoms with E-state index in [2.05, 4.69) is 4.74 Å². The Hall–Kier alpha value is -1.10. The van der Waals surface area contributed by atoms with Gasteiger partial charge in [0.2, 0.25) is 0 Å². The van der Waals surface area contributed by atoms with E-state index in [9.17, 15) is 9.59 Å². The minimum Gasteiger partial charge on any atom is -0.463 e. The second kappa shape index (κ2) is 7.22. The van der Waals surface area contributed by atoms with Crippen molar-refractivity contribution < 1.29 is 24.2 Å². The van der Waals surface area contributed by atoms with Crippen molar-refractivity contribution in [3.05, 3.63) is 0 Å². The van der Waals surface area contributed by atoms with Crippen LogP contribution in [0.15, 0.2) is 0 Å². The molecule has 16 heavy (non-hydrogen) atoms. The first-order chi connectivity index (χ1) is 7.35. The third-order valence-electron chi connectivity index (χ3n) is 1.54. The van der Waals surface area contributed by atoms with Crippen molar-refractivity contribution in [2.75, 3.05) is 13.2 Å². The number of carbonyl (C=O) groups excluding carboxylic acids is 2. The summed E-state index contributed by atoms with van der Waals surface area (Å²) in [5.41, 5.74) is -0.492. The molecule has 1 N–H and O–H groups in total. The molecule has 0 aliphatic heterocycles. The lowest BCUT2D eigenvalue weighted by Crippen LogP contribution is -2.23. The van der Waals surface area contributed by atoms with Gasteiger partial charge in [-0.3, -0.25) is 9.59 Å². The van der Waals surface area contributed by atoms with Crippen LogP contribution in [0.25, 0.3) is 0 Å². The highest BCUT2D eigenvalue weighted by atomic mass is 16.6. The Kier molecular flexibility index (Phi) is 6.72. The van der Waals surface area contributed by atoms with Crippen LogP contribution in [0, 0.1) is 0 Å². The van der Waals surface area contributed by atoms with Crippen molar-refractivity contribution in [1.29, 1.82) is 0 Å². The summed E-state index contributed by atoms with van der Waals surface area (Å²) in [4.78, 5) is 22.2. The highest BCUT2D eigenvalue weighted by molar-refractivity contribution is 5.72. The normalized spacial score (nSPS) is 11.0. The van der Waals surface area contributed by atoms with Gasteiger partial charge in [-0.05, 0) is 27.2 Å². The molecular weight excluding hydrogens is 212 g/mol. The third-order valence-corrected chi connectivity index (χ3v) is 1.54. The molecule has 0 heterocycles. The van der Waals surface area contributed by atoms with Gasteiger partial charge in [-0.2, -0.15) is 0 Å². The van der Waals surface area contributed by atoms with Gasteiger partial charge in [-0.15, -0.1) is 0 Å². The zero-order valence-electron chi connectivity index (χ0n) is 10.1. The van der Waals surface area contributed by atoms with Crippen LogP contribution in [-0.4, -0.2) is 35.9 Å². The maximum Gasteiger partial charge on any atom is 0.306 e. The Labute approximate surface area is 95.7 Å². The molecule has 0 aliphatic carbocycles. The average molecular weight is 232 g/mol. The Morgan fingerprint density at radius 3 is 2.19 bits per heavy atom. The van der Waals surface area contributed by atoms with E-state index in [1.54, 1.807) is 20.8 Å². The second-order valence-electron chi connectivity index (χ2n) is 4.38.